The van der Waals surface area contributed by atoms with Gasteiger partial charge in [0.2, 0.25) is 0 Å². The van der Waals surface area contributed by atoms with E-state index in [9.17, 15) is 0 Å². The lowest BCUT2D eigenvalue weighted by Crippen LogP contribution is -2.32. The van der Waals surface area contributed by atoms with Crippen LogP contribution in [0.25, 0.3) is 0 Å². The molecule has 0 saturated carbocycles. The van der Waals surface area contributed by atoms with Crippen molar-refractivity contribution in [1.82, 2.24) is 4.90 Å². The van der Waals surface area contributed by atoms with Crippen LogP contribution in [0.15, 0.2) is 43.0 Å². The summed E-state index contributed by atoms with van der Waals surface area (Å²) < 4.78 is 11.9. The van der Waals surface area contributed by atoms with Crippen molar-refractivity contribution in [2.24, 2.45) is 5.92 Å². The Kier molecular flexibility index (Phi) is 3.14. The first-order valence-corrected chi connectivity index (χ1v) is 7.53. The molecule has 3 aliphatic rings. The van der Waals surface area contributed by atoms with Gasteiger partial charge >= 0.3 is 0 Å². The van der Waals surface area contributed by atoms with Gasteiger partial charge in [-0.1, -0.05) is 36.4 Å². The van der Waals surface area contributed by atoms with Crippen LogP contribution in [0, 0.1) is 5.92 Å². The van der Waals surface area contributed by atoms with Crippen LogP contribution < -0.4 is 0 Å². The fourth-order valence-electron chi connectivity index (χ4n) is 4.23. The quantitative estimate of drug-likeness (QED) is 0.785. The number of ether oxygens (including phenoxy) is 2. The molecular weight excluding hydrogens is 250 g/mol. The Morgan fingerprint density at radius 2 is 2.20 bits per heavy atom. The Bertz CT molecular complexity index is 489. The molecule has 3 fully saturated rings. The van der Waals surface area contributed by atoms with Crippen LogP contribution in [0.4, 0.5) is 0 Å². The molecule has 0 aliphatic carbocycles. The van der Waals surface area contributed by atoms with Crippen molar-refractivity contribution in [3.05, 3.63) is 48.6 Å². The van der Waals surface area contributed by atoms with E-state index in [4.69, 9.17) is 9.47 Å². The third-order valence-electron chi connectivity index (χ3n) is 5.00. The number of hydrogen-bond acceptors (Lipinski definition) is 3. The van der Waals surface area contributed by atoms with E-state index in [0.29, 0.717) is 24.6 Å². The molecule has 0 aromatic heterocycles. The van der Waals surface area contributed by atoms with Crippen molar-refractivity contribution in [2.45, 2.75) is 30.7 Å². The summed E-state index contributed by atoms with van der Waals surface area (Å²) in [6.45, 7) is 6.23. The van der Waals surface area contributed by atoms with E-state index in [-0.39, 0.29) is 12.2 Å². The van der Waals surface area contributed by atoms with E-state index in [1.165, 1.54) is 12.0 Å². The standard InChI is InChI=1S/C17H21NO2/c1-2-8-19-15-10-18-14(12-6-4-3-5-7-12)9-13-11-20-17(15)16(13)18/h2-7,13-17H,1,8-11H2/t13-,14+,15+,16-,17-/m1/s1. The molecule has 106 valence electrons. The second-order valence-corrected chi connectivity index (χ2v) is 6.07. The van der Waals surface area contributed by atoms with Crippen molar-refractivity contribution in [2.75, 3.05) is 19.8 Å². The van der Waals surface area contributed by atoms with E-state index < -0.39 is 0 Å². The van der Waals surface area contributed by atoms with Crippen molar-refractivity contribution in [1.29, 1.82) is 0 Å². The number of benzene rings is 1. The molecule has 0 spiro atoms. The second-order valence-electron chi connectivity index (χ2n) is 6.07. The van der Waals surface area contributed by atoms with E-state index in [0.717, 1.165) is 13.2 Å². The molecule has 20 heavy (non-hydrogen) atoms. The summed E-state index contributed by atoms with van der Waals surface area (Å²) >= 11 is 0. The van der Waals surface area contributed by atoms with Crippen LogP contribution in [0.3, 0.4) is 0 Å². The second kappa shape index (κ2) is 4.99. The van der Waals surface area contributed by atoms with Gasteiger partial charge in [0.05, 0.1) is 19.3 Å². The molecule has 4 rings (SSSR count). The van der Waals surface area contributed by atoms with Gasteiger partial charge in [-0.2, -0.15) is 0 Å². The van der Waals surface area contributed by atoms with Gasteiger partial charge in [0, 0.05) is 24.5 Å². The first kappa shape index (κ1) is 12.6. The lowest BCUT2D eigenvalue weighted by atomic mass is 9.95. The Morgan fingerprint density at radius 1 is 1.35 bits per heavy atom. The predicted octanol–water partition coefficient (Wildman–Crippen LogP) is 2.40. The monoisotopic (exact) mass is 271 g/mol. The highest BCUT2D eigenvalue weighted by Crippen LogP contribution is 2.49. The number of hydrogen-bond donors (Lipinski definition) is 0. The summed E-state index contributed by atoms with van der Waals surface area (Å²) in [5.74, 6) is 0.669. The van der Waals surface area contributed by atoms with Gasteiger partial charge in [0.25, 0.3) is 0 Å². The van der Waals surface area contributed by atoms with Gasteiger partial charge in [-0.25, -0.2) is 0 Å². The average Bonchev–Trinajstić information content (AvgIpc) is 3.14. The fourth-order valence-corrected chi connectivity index (χ4v) is 4.23. The highest BCUT2D eigenvalue weighted by molar-refractivity contribution is 5.24. The van der Waals surface area contributed by atoms with Gasteiger partial charge in [-0.3, -0.25) is 4.90 Å². The topological polar surface area (TPSA) is 21.7 Å². The first-order chi connectivity index (χ1) is 9.88. The molecule has 0 unspecified atom stereocenters. The minimum atomic E-state index is 0.203. The predicted molar refractivity (Wildman–Crippen MR) is 77.5 cm³/mol. The molecular formula is C17H21NO2. The normalized spacial score (nSPS) is 39.1. The Balaban J connectivity index is 1.58. The van der Waals surface area contributed by atoms with E-state index in [2.05, 4.69) is 41.8 Å². The number of nitrogens with zero attached hydrogens (tertiary/aromatic N) is 1. The Labute approximate surface area is 120 Å². The van der Waals surface area contributed by atoms with Crippen LogP contribution in [-0.2, 0) is 9.47 Å². The molecule has 0 N–H and O–H groups in total. The van der Waals surface area contributed by atoms with Crippen LogP contribution in [0.2, 0.25) is 0 Å². The third kappa shape index (κ3) is 1.85. The van der Waals surface area contributed by atoms with Crippen LogP contribution >= 0.6 is 0 Å². The summed E-state index contributed by atoms with van der Waals surface area (Å²) in [4.78, 5) is 2.62. The lowest BCUT2D eigenvalue weighted by molar-refractivity contribution is -0.0202. The Morgan fingerprint density at radius 3 is 3.00 bits per heavy atom. The molecule has 1 aromatic rings. The van der Waals surface area contributed by atoms with Gasteiger partial charge in [-0.15, -0.1) is 6.58 Å². The van der Waals surface area contributed by atoms with Gasteiger partial charge < -0.3 is 9.47 Å². The summed E-state index contributed by atoms with van der Waals surface area (Å²) in [6.07, 6.45) is 3.51. The van der Waals surface area contributed by atoms with Crippen LogP contribution in [0.5, 0.6) is 0 Å². The van der Waals surface area contributed by atoms with E-state index in [1.807, 2.05) is 6.08 Å². The minimum absolute atomic E-state index is 0.203. The van der Waals surface area contributed by atoms with Gasteiger partial charge in [0.1, 0.15) is 6.10 Å². The highest BCUT2D eigenvalue weighted by atomic mass is 16.5. The maximum Gasteiger partial charge on any atom is 0.101 e. The molecule has 0 amide bonds. The fraction of sp³-hybridized carbons (Fsp3) is 0.529. The van der Waals surface area contributed by atoms with Gasteiger partial charge in [0.15, 0.2) is 0 Å². The molecule has 3 nitrogen and oxygen atoms in total. The maximum absolute atomic E-state index is 6.00. The van der Waals surface area contributed by atoms with Crippen molar-refractivity contribution >= 4 is 0 Å². The molecule has 5 atom stereocenters. The van der Waals surface area contributed by atoms with Crippen LogP contribution in [0.1, 0.15) is 18.0 Å². The smallest absolute Gasteiger partial charge is 0.101 e. The zero-order chi connectivity index (χ0) is 13.5. The zero-order valence-electron chi connectivity index (χ0n) is 11.7. The Hall–Kier alpha value is -1.16. The summed E-state index contributed by atoms with van der Waals surface area (Å²) in [5, 5.41) is 0. The average molecular weight is 271 g/mol. The molecule has 3 heterocycles. The molecule has 0 radical (unpaired) electrons. The van der Waals surface area contributed by atoms with Gasteiger partial charge in [-0.05, 0) is 12.0 Å². The molecule has 3 aliphatic heterocycles. The lowest BCUT2D eigenvalue weighted by Gasteiger charge is -2.24. The van der Waals surface area contributed by atoms with Crippen LogP contribution in [-0.4, -0.2) is 42.9 Å². The number of rotatable bonds is 4. The first-order valence-electron chi connectivity index (χ1n) is 7.53. The van der Waals surface area contributed by atoms with E-state index in [1.54, 1.807) is 0 Å². The van der Waals surface area contributed by atoms with Crippen molar-refractivity contribution in [3.63, 3.8) is 0 Å². The molecule has 3 heteroatoms. The third-order valence-corrected chi connectivity index (χ3v) is 5.00. The minimum Gasteiger partial charge on any atom is -0.373 e. The molecule has 1 aromatic carbocycles. The maximum atomic E-state index is 6.00. The summed E-state index contributed by atoms with van der Waals surface area (Å²) in [7, 11) is 0. The van der Waals surface area contributed by atoms with Crippen molar-refractivity contribution < 1.29 is 9.47 Å². The molecule has 0 bridgehead atoms. The van der Waals surface area contributed by atoms with E-state index >= 15 is 0 Å². The zero-order valence-corrected chi connectivity index (χ0v) is 11.7. The largest absolute Gasteiger partial charge is 0.373 e. The summed E-state index contributed by atoms with van der Waals surface area (Å²) in [6, 6.07) is 12.0. The molecule has 3 saturated heterocycles. The summed E-state index contributed by atoms with van der Waals surface area (Å²) in [5.41, 5.74) is 1.44. The highest BCUT2D eigenvalue weighted by Gasteiger charge is 2.57. The SMILES string of the molecule is C=CCO[C@H]1CN2[C@@H]3[C@@H](CO[C@@H]31)C[C@H]2c1ccccc1. The van der Waals surface area contributed by atoms with Crippen molar-refractivity contribution in [3.8, 4) is 0 Å².